The molecule has 0 fully saturated rings. The van der Waals surface area contributed by atoms with E-state index in [0.717, 1.165) is 0 Å². The average Bonchev–Trinajstić information content (AvgIpc) is 2.48. The molecule has 0 spiro atoms. The van der Waals surface area contributed by atoms with Gasteiger partial charge in [-0.15, -0.1) is 0 Å². The van der Waals surface area contributed by atoms with Crippen LogP contribution in [0.3, 0.4) is 0 Å². The van der Waals surface area contributed by atoms with Gasteiger partial charge in [-0.1, -0.05) is 0 Å². The van der Waals surface area contributed by atoms with E-state index < -0.39 is 30.3 Å². The van der Waals surface area contributed by atoms with E-state index >= 15 is 0 Å². The molecule has 0 rings (SSSR count). The molecule has 13 heteroatoms. The standard InChI is InChI=1S/C9H16N4O8S/c1-5(6(14)10-4-11-7(15)16)19-2-3-20-8(17)12-13-9(18)21-22/h5,11,22H,2-4H2,1H3,(H,10,14)(H,12,17)(H,13,18)(H,15,16). The van der Waals surface area contributed by atoms with Crippen molar-refractivity contribution in [2.75, 3.05) is 19.9 Å². The van der Waals surface area contributed by atoms with Crippen molar-refractivity contribution in [3.8, 4) is 0 Å². The second-order valence-corrected chi connectivity index (χ2v) is 3.66. The van der Waals surface area contributed by atoms with Gasteiger partial charge in [0, 0.05) is 12.9 Å². The summed E-state index contributed by atoms with van der Waals surface area (Å²) in [6.45, 7) is 0.897. The monoisotopic (exact) mass is 340 g/mol. The van der Waals surface area contributed by atoms with Crippen LogP contribution in [0.4, 0.5) is 14.4 Å². The van der Waals surface area contributed by atoms with Crippen LogP contribution in [-0.4, -0.2) is 55.3 Å². The molecule has 0 heterocycles. The Labute approximate surface area is 130 Å². The Kier molecular flexibility index (Phi) is 10.0. The van der Waals surface area contributed by atoms with Gasteiger partial charge >= 0.3 is 18.3 Å². The molecule has 4 amide bonds. The van der Waals surface area contributed by atoms with Crippen LogP contribution in [0, 0.1) is 0 Å². The molecular formula is C9H16N4O8S. The number of hydrazine groups is 1. The molecule has 12 nitrogen and oxygen atoms in total. The van der Waals surface area contributed by atoms with Gasteiger partial charge in [0.2, 0.25) is 5.91 Å². The fourth-order valence-corrected chi connectivity index (χ4v) is 0.992. The lowest BCUT2D eigenvalue weighted by atomic mass is 10.4. The highest BCUT2D eigenvalue weighted by molar-refractivity contribution is 7.75. The fourth-order valence-electron chi connectivity index (χ4n) is 0.947. The summed E-state index contributed by atoms with van der Waals surface area (Å²) < 4.78 is 13.5. The van der Waals surface area contributed by atoms with Gasteiger partial charge in [-0.05, 0) is 6.92 Å². The van der Waals surface area contributed by atoms with Crippen LogP contribution in [-0.2, 0) is 18.5 Å². The van der Waals surface area contributed by atoms with E-state index in [1.165, 1.54) is 6.92 Å². The molecule has 0 aliphatic heterocycles. The smallest absolute Gasteiger partial charge is 0.438 e. The largest absolute Gasteiger partial charge is 0.465 e. The zero-order chi connectivity index (χ0) is 17.0. The van der Waals surface area contributed by atoms with Crippen LogP contribution in [0.5, 0.6) is 0 Å². The van der Waals surface area contributed by atoms with Crippen molar-refractivity contribution in [1.29, 1.82) is 0 Å². The molecule has 22 heavy (non-hydrogen) atoms. The van der Waals surface area contributed by atoms with E-state index in [-0.39, 0.29) is 19.9 Å². The maximum atomic E-state index is 11.4. The summed E-state index contributed by atoms with van der Waals surface area (Å²) in [5, 5.41) is 12.5. The Balaban J connectivity index is 3.68. The first-order valence-corrected chi connectivity index (χ1v) is 6.13. The highest BCUT2D eigenvalue weighted by Gasteiger charge is 2.13. The van der Waals surface area contributed by atoms with Crippen LogP contribution >= 0.6 is 12.9 Å². The summed E-state index contributed by atoms with van der Waals surface area (Å²) >= 11 is 3.18. The zero-order valence-electron chi connectivity index (χ0n) is 11.5. The van der Waals surface area contributed by atoms with Crippen molar-refractivity contribution in [2.45, 2.75) is 13.0 Å². The third-order valence-electron chi connectivity index (χ3n) is 1.91. The minimum atomic E-state index is -1.27. The first-order chi connectivity index (χ1) is 10.4. The Morgan fingerprint density at radius 3 is 2.32 bits per heavy atom. The molecule has 126 valence electrons. The van der Waals surface area contributed by atoms with E-state index in [1.54, 1.807) is 0 Å². The highest BCUT2D eigenvalue weighted by atomic mass is 32.1. The Bertz CT molecular complexity index is 407. The molecule has 0 radical (unpaired) electrons. The Hall–Kier alpha value is -2.41. The fraction of sp³-hybridized carbons (Fsp3) is 0.556. The predicted molar refractivity (Wildman–Crippen MR) is 72.7 cm³/mol. The van der Waals surface area contributed by atoms with Gasteiger partial charge in [-0.25, -0.2) is 25.2 Å². The number of hydrogen-bond donors (Lipinski definition) is 6. The molecule has 0 aromatic carbocycles. The molecule has 0 aromatic rings. The van der Waals surface area contributed by atoms with E-state index in [1.807, 2.05) is 16.2 Å². The number of amides is 4. The van der Waals surface area contributed by atoms with E-state index in [9.17, 15) is 19.2 Å². The molecule has 5 N–H and O–H groups in total. The number of nitrogens with one attached hydrogen (secondary N) is 4. The van der Waals surface area contributed by atoms with Crippen LogP contribution in [0.2, 0.25) is 0 Å². The van der Waals surface area contributed by atoms with Gasteiger partial charge in [-0.3, -0.25) is 4.79 Å². The maximum absolute atomic E-state index is 11.4. The topological polar surface area (TPSA) is 164 Å². The number of carbonyl (C=O) groups is 4. The minimum absolute atomic E-state index is 0.0919. The van der Waals surface area contributed by atoms with Gasteiger partial charge in [0.05, 0.1) is 13.3 Å². The van der Waals surface area contributed by atoms with Gasteiger partial charge in [0.15, 0.2) is 0 Å². The van der Waals surface area contributed by atoms with Crippen LogP contribution < -0.4 is 21.5 Å². The number of thiol groups is 1. The predicted octanol–water partition coefficient (Wildman–Crippen LogP) is -1.05. The van der Waals surface area contributed by atoms with E-state index in [2.05, 4.69) is 27.1 Å². The van der Waals surface area contributed by atoms with Crippen LogP contribution in [0.15, 0.2) is 0 Å². The van der Waals surface area contributed by atoms with Crippen molar-refractivity contribution < 1.29 is 37.9 Å². The Morgan fingerprint density at radius 2 is 1.73 bits per heavy atom. The van der Waals surface area contributed by atoms with Gasteiger partial charge < -0.3 is 29.4 Å². The van der Waals surface area contributed by atoms with Crippen molar-refractivity contribution in [2.24, 2.45) is 0 Å². The third-order valence-corrected chi connectivity index (χ3v) is 2.07. The average molecular weight is 340 g/mol. The summed E-state index contributed by atoms with van der Waals surface area (Å²) in [7, 11) is 0. The number of hydrogen-bond acceptors (Lipinski definition) is 8. The molecule has 0 bridgehead atoms. The summed E-state index contributed by atoms with van der Waals surface area (Å²) in [5.74, 6) is -0.545. The summed E-state index contributed by atoms with van der Waals surface area (Å²) in [6.07, 6.45) is -4.12. The van der Waals surface area contributed by atoms with Gasteiger partial charge in [0.1, 0.15) is 12.7 Å². The molecular weight excluding hydrogens is 324 g/mol. The molecule has 1 unspecified atom stereocenters. The second-order valence-electron chi connectivity index (χ2n) is 3.48. The lowest BCUT2D eigenvalue weighted by Gasteiger charge is -2.13. The van der Waals surface area contributed by atoms with Crippen molar-refractivity contribution in [3.63, 3.8) is 0 Å². The van der Waals surface area contributed by atoms with Crippen molar-refractivity contribution in [1.82, 2.24) is 21.5 Å². The van der Waals surface area contributed by atoms with Crippen LogP contribution in [0.1, 0.15) is 6.92 Å². The number of rotatable bonds is 7. The number of carboxylic acid groups (broad SMARTS) is 1. The third kappa shape index (κ3) is 10.4. The first kappa shape index (κ1) is 19.6. The number of carbonyl (C=O) groups excluding carboxylic acids is 3. The molecule has 0 aliphatic rings. The van der Waals surface area contributed by atoms with E-state index in [0.29, 0.717) is 0 Å². The molecule has 0 aliphatic carbocycles. The maximum Gasteiger partial charge on any atom is 0.438 e. The highest BCUT2D eigenvalue weighted by Crippen LogP contribution is 1.91. The molecule has 0 saturated heterocycles. The Morgan fingerprint density at radius 1 is 1.09 bits per heavy atom. The summed E-state index contributed by atoms with van der Waals surface area (Å²) in [5.41, 5.74) is 3.66. The van der Waals surface area contributed by atoms with E-state index in [4.69, 9.17) is 9.84 Å². The SMILES string of the molecule is CC(OCCOC(=O)NNC(=O)OS)C(=O)NCNC(=O)O. The van der Waals surface area contributed by atoms with Gasteiger partial charge in [-0.2, -0.15) is 0 Å². The second kappa shape index (κ2) is 11.3. The van der Waals surface area contributed by atoms with Crippen molar-refractivity contribution >= 4 is 37.1 Å². The first-order valence-electron chi connectivity index (χ1n) is 5.77. The molecule has 0 aromatic heterocycles. The number of ether oxygens (including phenoxy) is 2. The van der Waals surface area contributed by atoms with Crippen LogP contribution in [0.25, 0.3) is 0 Å². The minimum Gasteiger partial charge on any atom is -0.465 e. The lowest BCUT2D eigenvalue weighted by molar-refractivity contribution is -0.132. The molecule has 1 atom stereocenters. The lowest BCUT2D eigenvalue weighted by Crippen LogP contribution is -2.42. The summed E-state index contributed by atoms with van der Waals surface area (Å²) in [6, 6.07) is 0. The zero-order valence-corrected chi connectivity index (χ0v) is 12.3. The van der Waals surface area contributed by atoms with Crippen molar-refractivity contribution in [3.05, 3.63) is 0 Å². The molecule has 0 saturated carbocycles. The quantitative estimate of drug-likeness (QED) is 0.112. The normalized spacial score (nSPS) is 10.8. The summed E-state index contributed by atoms with van der Waals surface area (Å²) in [4.78, 5) is 43.1. The van der Waals surface area contributed by atoms with Gasteiger partial charge in [0.25, 0.3) is 0 Å².